The van der Waals surface area contributed by atoms with Crippen LogP contribution < -0.4 is 16.0 Å². The summed E-state index contributed by atoms with van der Waals surface area (Å²) in [5.41, 5.74) is 2.28. The van der Waals surface area contributed by atoms with Gasteiger partial charge in [-0.2, -0.15) is 10.4 Å². The van der Waals surface area contributed by atoms with Gasteiger partial charge < -0.3 is 21.1 Å². The number of anilines is 1. The third-order valence-corrected chi connectivity index (χ3v) is 6.97. The van der Waals surface area contributed by atoms with Crippen LogP contribution in [0.15, 0.2) is 36.7 Å². The van der Waals surface area contributed by atoms with Gasteiger partial charge in [0.2, 0.25) is 0 Å². The molecule has 0 bridgehead atoms. The molecule has 1 aliphatic heterocycles. The van der Waals surface area contributed by atoms with Gasteiger partial charge in [0, 0.05) is 25.3 Å². The van der Waals surface area contributed by atoms with Crippen molar-refractivity contribution in [2.24, 2.45) is 5.41 Å². The number of rotatable bonds is 7. The summed E-state index contributed by atoms with van der Waals surface area (Å²) in [7, 11) is 0. The molecule has 0 radical (unpaired) electrons. The molecule has 1 amide bonds. The minimum Gasteiger partial charge on any atom is -0.387 e. The fourth-order valence-electron chi connectivity index (χ4n) is 4.75. The van der Waals surface area contributed by atoms with Gasteiger partial charge >= 0.3 is 0 Å². The van der Waals surface area contributed by atoms with Crippen LogP contribution >= 0.6 is 0 Å². The minimum absolute atomic E-state index is 0.226. The topological polar surface area (TPSA) is 127 Å². The number of aliphatic hydroxyl groups is 1. The number of halogens is 1. The molecule has 182 valence electrons. The molecule has 1 saturated heterocycles. The lowest BCUT2D eigenvalue weighted by atomic mass is 9.61. The molecule has 3 aromatic rings. The lowest BCUT2D eigenvalue weighted by molar-refractivity contribution is -0.00177. The van der Waals surface area contributed by atoms with Crippen LogP contribution in [-0.2, 0) is 0 Å². The summed E-state index contributed by atoms with van der Waals surface area (Å²) < 4.78 is 15.9. The number of nitrogens with one attached hydrogen (secondary N) is 3. The maximum atomic E-state index is 14.2. The van der Waals surface area contributed by atoms with Gasteiger partial charge in [-0.15, -0.1) is 0 Å². The van der Waals surface area contributed by atoms with Gasteiger partial charge in [-0.05, 0) is 56.4 Å². The Morgan fingerprint density at radius 3 is 2.80 bits per heavy atom. The molecule has 5 rings (SSSR count). The first-order valence-electron chi connectivity index (χ1n) is 11.7. The number of nitriles is 1. The van der Waals surface area contributed by atoms with Gasteiger partial charge in [0.25, 0.3) is 5.91 Å². The van der Waals surface area contributed by atoms with Crippen molar-refractivity contribution in [1.29, 1.82) is 5.26 Å². The number of carbonyl (C=O) groups is 1. The molecule has 3 aromatic heterocycles. The average Bonchev–Trinajstić information content (AvgIpc) is 3.20. The molecule has 0 aromatic carbocycles. The first-order chi connectivity index (χ1) is 16.7. The monoisotopic (exact) mass is 477 g/mol. The Balaban J connectivity index is 1.43. The van der Waals surface area contributed by atoms with Gasteiger partial charge in [-0.1, -0.05) is 0 Å². The Morgan fingerprint density at radius 1 is 1.37 bits per heavy atom. The SMILES string of the molecule is CC(C)(O)[C@H](F)CNC(=O)c1cnc(-c2ccc3cc(C#N)cnn23)cc1NC1CC2(CNC2)C1. The van der Waals surface area contributed by atoms with E-state index in [0.29, 0.717) is 27.9 Å². The second-order valence-electron chi connectivity index (χ2n) is 10.2. The summed E-state index contributed by atoms with van der Waals surface area (Å²) in [5.74, 6) is -0.463. The van der Waals surface area contributed by atoms with Crippen LogP contribution in [0.25, 0.3) is 16.9 Å². The molecule has 1 aliphatic carbocycles. The molecule has 1 spiro atoms. The Bertz CT molecular complexity index is 1310. The first kappa shape index (κ1) is 23.2. The first-order valence-corrected chi connectivity index (χ1v) is 11.7. The largest absolute Gasteiger partial charge is 0.387 e. The summed E-state index contributed by atoms with van der Waals surface area (Å²) in [6, 6.07) is 9.59. The fourth-order valence-corrected chi connectivity index (χ4v) is 4.75. The van der Waals surface area contributed by atoms with E-state index in [-0.39, 0.29) is 12.6 Å². The van der Waals surface area contributed by atoms with Crippen LogP contribution in [0, 0.1) is 16.7 Å². The summed E-state index contributed by atoms with van der Waals surface area (Å²) in [6.45, 7) is 4.45. The van der Waals surface area contributed by atoms with Crippen LogP contribution in [-0.4, -0.2) is 63.1 Å². The van der Waals surface area contributed by atoms with E-state index in [1.54, 1.807) is 10.6 Å². The highest BCUT2D eigenvalue weighted by Crippen LogP contribution is 2.45. The van der Waals surface area contributed by atoms with E-state index < -0.39 is 17.7 Å². The fraction of sp³-hybridized carbons (Fsp3) is 0.440. The number of amides is 1. The number of hydrogen-bond acceptors (Lipinski definition) is 7. The third kappa shape index (κ3) is 4.45. The van der Waals surface area contributed by atoms with Crippen molar-refractivity contribution in [2.75, 3.05) is 25.0 Å². The van der Waals surface area contributed by atoms with Crippen molar-refractivity contribution in [3.05, 3.63) is 47.8 Å². The van der Waals surface area contributed by atoms with Crippen LogP contribution in [0.4, 0.5) is 10.1 Å². The van der Waals surface area contributed by atoms with Crippen molar-refractivity contribution >= 4 is 17.1 Å². The van der Waals surface area contributed by atoms with E-state index in [9.17, 15) is 14.3 Å². The Morgan fingerprint density at radius 2 is 2.14 bits per heavy atom. The molecule has 10 heteroatoms. The lowest BCUT2D eigenvalue weighted by Crippen LogP contribution is -2.63. The highest BCUT2D eigenvalue weighted by molar-refractivity contribution is 6.00. The maximum Gasteiger partial charge on any atom is 0.255 e. The predicted octanol–water partition coefficient (Wildman–Crippen LogP) is 2.27. The molecule has 1 saturated carbocycles. The van der Waals surface area contributed by atoms with E-state index in [4.69, 9.17) is 5.26 Å². The maximum absolute atomic E-state index is 14.2. The summed E-state index contributed by atoms with van der Waals surface area (Å²) in [5, 5.41) is 32.7. The van der Waals surface area contributed by atoms with E-state index in [2.05, 4.69) is 32.1 Å². The third-order valence-electron chi connectivity index (χ3n) is 6.97. The average molecular weight is 478 g/mol. The van der Waals surface area contributed by atoms with E-state index >= 15 is 0 Å². The molecular formula is C25H28FN7O2. The standard InChI is InChI=1S/C25H28FN7O2/c1-24(2,35)22(26)12-30-23(34)18-11-29-20(6-19(18)32-16-7-25(8-16)13-28-14-25)21-4-3-17-5-15(9-27)10-31-33(17)21/h3-6,10-11,16,22,28,35H,7-8,12-14H2,1-2H3,(H,29,32)(H,30,34)/t22-/m1/s1. The van der Waals surface area contributed by atoms with Crippen molar-refractivity contribution in [3.8, 4) is 17.5 Å². The van der Waals surface area contributed by atoms with E-state index in [1.807, 2.05) is 18.2 Å². The molecule has 2 fully saturated rings. The quantitative estimate of drug-likeness (QED) is 0.411. The number of nitrogens with zero attached hydrogens (tertiary/aromatic N) is 4. The van der Waals surface area contributed by atoms with Crippen LogP contribution in [0.3, 0.4) is 0 Å². The van der Waals surface area contributed by atoms with Crippen molar-refractivity contribution in [1.82, 2.24) is 25.2 Å². The second-order valence-corrected chi connectivity index (χ2v) is 10.2. The molecule has 0 unspecified atom stereocenters. The molecular weight excluding hydrogens is 449 g/mol. The second kappa shape index (κ2) is 8.59. The molecule has 9 nitrogen and oxygen atoms in total. The van der Waals surface area contributed by atoms with Crippen LogP contribution in [0.1, 0.15) is 42.6 Å². The highest BCUT2D eigenvalue weighted by Gasteiger charge is 2.48. The smallest absolute Gasteiger partial charge is 0.255 e. The van der Waals surface area contributed by atoms with Gasteiger partial charge in [0.05, 0.1) is 52.1 Å². The summed E-state index contributed by atoms with van der Waals surface area (Å²) >= 11 is 0. The number of fused-ring (bicyclic) bond motifs is 1. The van der Waals surface area contributed by atoms with Gasteiger partial charge in [-0.3, -0.25) is 9.78 Å². The summed E-state index contributed by atoms with van der Waals surface area (Å²) in [6.07, 6.45) is 3.39. The van der Waals surface area contributed by atoms with E-state index in [0.717, 1.165) is 37.1 Å². The number of aromatic nitrogens is 3. The minimum atomic E-state index is -1.61. The summed E-state index contributed by atoms with van der Waals surface area (Å²) in [4.78, 5) is 17.5. The van der Waals surface area contributed by atoms with Gasteiger partial charge in [0.1, 0.15) is 12.2 Å². The zero-order valence-electron chi connectivity index (χ0n) is 19.7. The zero-order valence-corrected chi connectivity index (χ0v) is 19.7. The molecule has 4 heterocycles. The van der Waals surface area contributed by atoms with Crippen molar-refractivity contribution in [2.45, 2.75) is 44.5 Å². The number of hydrogen-bond donors (Lipinski definition) is 4. The normalized spacial score (nSPS) is 17.9. The number of pyridine rings is 1. The Kier molecular flexibility index (Phi) is 5.69. The molecule has 4 N–H and O–H groups in total. The van der Waals surface area contributed by atoms with Crippen LogP contribution in [0.5, 0.6) is 0 Å². The van der Waals surface area contributed by atoms with Gasteiger partial charge in [0.15, 0.2) is 0 Å². The molecule has 35 heavy (non-hydrogen) atoms. The number of alkyl halides is 1. The lowest BCUT2D eigenvalue weighted by Gasteiger charge is -2.54. The van der Waals surface area contributed by atoms with E-state index in [1.165, 1.54) is 26.2 Å². The Hall–Kier alpha value is -3.55. The van der Waals surface area contributed by atoms with Crippen molar-refractivity contribution in [3.63, 3.8) is 0 Å². The molecule has 1 atom stereocenters. The predicted molar refractivity (Wildman–Crippen MR) is 129 cm³/mol. The Labute approximate surface area is 202 Å². The van der Waals surface area contributed by atoms with Crippen LogP contribution in [0.2, 0.25) is 0 Å². The molecule has 2 aliphatic rings. The highest BCUT2D eigenvalue weighted by atomic mass is 19.1. The van der Waals surface area contributed by atoms with Gasteiger partial charge in [-0.25, -0.2) is 8.91 Å². The zero-order chi connectivity index (χ0) is 24.8. The number of carbonyl (C=O) groups excluding carboxylic acids is 1. The van der Waals surface area contributed by atoms with Crippen molar-refractivity contribution < 1.29 is 14.3 Å².